The van der Waals surface area contributed by atoms with Crippen molar-refractivity contribution in [3.8, 4) is 22.8 Å². The second-order valence-corrected chi connectivity index (χ2v) is 9.62. The molecule has 1 fully saturated rings. The first-order valence-corrected chi connectivity index (χ1v) is 13.1. The Balaban J connectivity index is 1.38. The first kappa shape index (κ1) is 25.4. The van der Waals surface area contributed by atoms with Crippen LogP contribution in [0.5, 0.6) is 11.5 Å². The van der Waals surface area contributed by atoms with Crippen molar-refractivity contribution in [1.29, 1.82) is 0 Å². The Kier molecular flexibility index (Phi) is 6.81. The fourth-order valence-corrected chi connectivity index (χ4v) is 5.04. The lowest BCUT2D eigenvalue weighted by atomic mass is 10.1. The van der Waals surface area contributed by atoms with Gasteiger partial charge in [-0.25, -0.2) is 14.1 Å². The second kappa shape index (κ2) is 10.7. The quantitative estimate of drug-likeness (QED) is 0.321. The Bertz CT molecular complexity index is 1650. The summed E-state index contributed by atoms with van der Waals surface area (Å²) in [6, 6.07) is 22.7. The predicted octanol–water partition coefficient (Wildman–Crippen LogP) is 4.61. The molecule has 0 unspecified atom stereocenters. The maximum atomic E-state index is 15.4. The Morgan fingerprint density at radius 1 is 0.825 bits per heavy atom. The third-order valence-corrected chi connectivity index (χ3v) is 7.22. The summed E-state index contributed by atoms with van der Waals surface area (Å²) in [6.45, 7) is 3.37. The number of aromatic nitrogens is 4. The number of benzene rings is 3. The molecule has 9 nitrogen and oxygen atoms in total. The van der Waals surface area contributed by atoms with Gasteiger partial charge in [-0.15, -0.1) is 5.10 Å². The summed E-state index contributed by atoms with van der Waals surface area (Å²) in [5, 5.41) is 5.26. The van der Waals surface area contributed by atoms with Gasteiger partial charge in [0.25, 0.3) is 0 Å². The Labute approximate surface area is 231 Å². The Morgan fingerprint density at radius 3 is 2.27 bits per heavy atom. The maximum Gasteiger partial charge on any atom is 0.228 e. The van der Waals surface area contributed by atoms with Gasteiger partial charge in [-0.1, -0.05) is 36.4 Å². The van der Waals surface area contributed by atoms with Crippen molar-refractivity contribution in [3.05, 3.63) is 84.2 Å². The van der Waals surface area contributed by atoms with E-state index in [2.05, 4.69) is 15.9 Å². The lowest BCUT2D eigenvalue weighted by molar-refractivity contribution is 0.411. The molecule has 3 aromatic carbocycles. The molecule has 40 heavy (non-hydrogen) atoms. The van der Waals surface area contributed by atoms with Crippen LogP contribution >= 0.6 is 0 Å². The van der Waals surface area contributed by atoms with E-state index in [9.17, 15) is 0 Å². The van der Waals surface area contributed by atoms with Crippen LogP contribution in [-0.4, -0.2) is 60.1 Å². The van der Waals surface area contributed by atoms with Gasteiger partial charge < -0.3 is 25.0 Å². The van der Waals surface area contributed by atoms with Gasteiger partial charge in [0.05, 0.1) is 31.8 Å². The number of hydrogen-bond donors (Lipinski definition) is 1. The van der Waals surface area contributed by atoms with Crippen LogP contribution in [0.2, 0.25) is 0 Å². The van der Waals surface area contributed by atoms with Crippen molar-refractivity contribution in [2.75, 3.05) is 55.9 Å². The van der Waals surface area contributed by atoms with E-state index in [1.165, 1.54) is 13.2 Å². The number of nitrogens with two attached hydrogens (primary N) is 1. The third-order valence-electron chi connectivity index (χ3n) is 7.22. The molecule has 0 amide bonds. The summed E-state index contributed by atoms with van der Waals surface area (Å²) < 4.78 is 27.7. The monoisotopic (exact) mass is 539 g/mol. The molecule has 0 atom stereocenters. The van der Waals surface area contributed by atoms with E-state index < -0.39 is 5.82 Å². The molecule has 2 N–H and O–H groups in total. The molecule has 204 valence electrons. The van der Waals surface area contributed by atoms with Gasteiger partial charge in [-0.05, 0) is 29.8 Å². The highest BCUT2D eigenvalue weighted by molar-refractivity contribution is 5.99. The summed E-state index contributed by atoms with van der Waals surface area (Å²) in [5.41, 5.74) is 9.91. The number of nitrogen functional groups attached to an aromatic ring is 1. The Morgan fingerprint density at radius 2 is 1.55 bits per heavy atom. The van der Waals surface area contributed by atoms with Gasteiger partial charge in [-0.2, -0.15) is 4.98 Å². The molecule has 1 aliphatic heterocycles. The van der Waals surface area contributed by atoms with Crippen LogP contribution in [0.1, 0.15) is 5.56 Å². The number of piperazine rings is 1. The smallest absolute Gasteiger partial charge is 0.228 e. The van der Waals surface area contributed by atoms with E-state index in [-0.39, 0.29) is 0 Å². The summed E-state index contributed by atoms with van der Waals surface area (Å²) in [5.74, 6) is 1.67. The van der Waals surface area contributed by atoms with E-state index in [0.29, 0.717) is 59.4 Å². The molecular formula is C30H30FN7O2. The molecular weight excluding hydrogens is 509 g/mol. The van der Waals surface area contributed by atoms with Gasteiger partial charge in [0.1, 0.15) is 23.1 Å². The number of methoxy groups -OCH3 is 2. The first-order chi connectivity index (χ1) is 19.5. The van der Waals surface area contributed by atoms with Crippen LogP contribution in [0, 0.1) is 5.82 Å². The van der Waals surface area contributed by atoms with E-state index in [0.717, 1.165) is 30.1 Å². The largest absolute Gasteiger partial charge is 0.497 e. The normalized spacial score (nSPS) is 13.6. The van der Waals surface area contributed by atoms with Crippen LogP contribution < -0.4 is 25.0 Å². The molecule has 3 heterocycles. The molecule has 6 rings (SSSR count). The summed E-state index contributed by atoms with van der Waals surface area (Å²) in [7, 11) is 3.17. The van der Waals surface area contributed by atoms with Gasteiger partial charge in [-0.3, -0.25) is 0 Å². The van der Waals surface area contributed by atoms with Crippen LogP contribution in [0.25, 0.3) is 22.3 Å². The molecule has 0 radical (unpaired) electrons. The highest BCUT2D eigenvalue weighted by Gasteiger charge is 2.25. The van der Waals surface area contributed by atoms with E-state index in [1.54, 1.807) is 23.9 Å². The fraction of sp³-hybridized carbons (Fsp3) is 0.233. The molecule has 5 aromatic rings. The third kappa shape index (κ3) is 4.84. The number of fused-ring (bicyclic) bond motifs is 1. The van der Waals surface area contributed by atoms with Crippen molar-refractivity contribution in [2.24, 2.45) is 0 Å². The predicted molar refractivity (Wildman–Crippen MR) is 155 cm³/mol. The fourth-order valence-electron chi connectivity index (χ4n) is 5.04. The topological polar surface area (TPSA) is 94.6 Å². The minimum atomic E-state index is -0.455. The highest BCUT2D eigenvalue weighted by Crippen LogP contribution is 2.35. The van der Waals surface area contributed by atoms with Gasteiger partial charge in [0, 0.05) is 49.6 Å². The van der Waals surface area contributed by atoms with Crippen molar-refractivity contribution in [2.45, 2.75) is 6.54 Å². The number of anilines is 3. The average Bonchev–Trinajstić information content (AvgIpc) is 3.31. The molecule has 0 aliphatic carbocycles. The van der Waals surface area contributed by atoms with E-state index in [1.807, 2.05) is 48.5 Å². The van der Waals surface area contributed by atoms with Crippen LogP contribution in [0.4, 0.5) is 21.8 Å². The number of nitrogens with zero attached hydrogens (tertiary/aromatic N) is 6. The molecule has 0 saturated carbocycles. The summed E-state index contributed by atoms with van der Waals surface area (Å²) in [4.78, 5) is 14.1. The van der Waals surface area contributed by atoms with Gasteiger partial charge >= 0.3 is 0 Å². The maximum absolute atomic E-state index is 15.4. The number of rotatable bonds is 7. The molecule has 1 saturated heterocycles. The Hall–Kier alpha value is -4.86. The summed E-state index contributed by atoms with van der Waals surface area (Å²) in [6.07, 6.45) is 0. The van der Waals surface area contributed by atoms with E-state index >= 15 is 4.39 Å². The minimum absolute atomic E-state index is 0.315. The molecule has 10 heteroatoms. The zero-order valence-corrected chi connectivity index (χ0v) is 22.4. The lowest BCUT2D eigenvalue weighted by Crippen LogP contribution is -2.47. The minimum Gasteiger partial charge on any atom is -0.497 e. The number of ether oxygens (including phenoxy) is 2. The van der Waals surface area contributed by atoms with Crippen molar-refractivity contribution >= 4 is 28.5 Å². The van der Waals surface area contributed by atoms with Gasteiger partial charge in [0.2, 0.25) is 5.95 Å². The second-order valence-electron chi connectivity index (χ2n) is 9.62. The van der Waals surface area contributed by atoms with Crippen LogP contribution in [0.3, 0.4) is 0 Å². The van der Waals surface area contributed by atoms with Gasteiger partial charge in [0.15, 0.2) is 5.65 Å². The number of hydrogen-bond acceptors (Lipinski definition) is 8. The lowest BCUT2D eigenvalue weighted by Gasteiger charge is -2.36. The molecule has 2 aromatic heterocycles. The standard InChI is InChI=1S/C30H30FN7O2/c1-39-22-10-6-9-21(17-22)36-13-15-37(16-14-36)30-33-27(24-12-11-23(40-2)18-25(24)31)26-28(32)38(35-29(26)34-30)19-20-7-4-3-5-8-20/h3-12,17-18H,13-16,19,32H2,1-2H3. The van der Waals surface area contributed by atoms with Crippen LogP contribution in [0.15, 0.2) is 72.8 Å². The zero-order chi connectivity index (χ0) is 27.6. The summed E-state index contributed by atoms with van der Waals surface area (Å²) >= 11 is 0. The van der Waals surface area contributed by atoms with Crippen molar-refractivity contribution in [3.63, 3.8) is 0 Å². The molecule has 0 spiro atoms. The highest BCUT2D eigenvalue weighted by atomic mass is 19.1. The van der Waals surface area contributed by atoms with Crippen molar-refractivity contribution < 1.29 is 13.9 Å². The SMILES string of the molecule is COc1cccc(N2CCN(c3nc(-c4ccc(OC)cc4F)c4c(N)n(Cc5ccccc5)nc4n3)CC2)c1. The van der Waals surface area contributed by atoms with E-state index in [4.69, 9.17) is 30.3 Å². The zero-order valence-electron chi connectivity index (χ0n) is 22.4. The van der Waals surface area contributed by atoms with Crippen molar-refractivity contribution in [1.82, 2.24) is 19.7 Å². The average molecular weight is 540 g/mol. The number of halogens is 1. The molecule has 1 aliphatic rings. The van der Waals surface area contributed by atoms with Crippen LogP contribution in [-0.2, 0) is 6.54 Å². The molecule has 0 bridgehead atoms. The first-order valence-electron chi connectivity index (χ1n) is 13.1.